The summed E-state index contributed by atoms with van der Waals surface area (Å²) < 4.78 is 5.13. The topological polar surface area (TPSA) is 42.2 Å². The van der Waals surface area contributed by atoms with E-state index in [2.05, 4.69) is 11.2 Å². The predicted molar refractivity (Wildman–Crippen MR) is 61.7 cm³/mol. The number of amides is 1. The lowest BCUT2D eigenvalue weighted by molar-refractivity contribution is -0.118. The van der Waals surface area contributed by atoms with Gasteiger partial charge in [-0.1, -0.05) is 5.92 Å². The van der Waals surface area contributed by atoms with Crippen molar-refractivity contribution in [2.75, 3.05) is 12.3 Å². The molecule has 0 saturated carbocycles. The van der Waals surface area contributed by atoms with Gasteiger partial charge in [0.15, 0.2) is 5.22 Å². The highest BCUT2D eigenvalue weighted by Crippen LogP contribution is 2.18. The molecule has 0 saturated heterocycles. The minimum absolute atomic E-state index is 0.0735. The van der Waals surface area contributed by atoms with Crippen LogP contribution < -0.4 is 5.32 Å². The Morgan fingerprint density at radius 3 is 3.07 bits per heavy atom. The lowest BCUT2D eigenvalue weighted by Gasteiger charge is -1.99. The number of hydrogen-bond acceptors (Lipinski definition) is 3. The van der Waals surface area contributed by atoms with E-state index in [-0.39, 0.29) is 12.5 Å². The first-order valence-electron chi connectivity index (χ1n) is 4.24. The van der Waals surface area contributed by atoms with Gasteiger partial charge in [-0.25, -0.2) is 0 Å². The summed E-state index contributed by atoms with van der Waals surface area (Å²) in [7, 11) is 0. The van der Waals surface area contributed by atoms with Gasteiger partial charge >= 0.3 is 0 Å². The maximum atomic E-state index is 11.1. The lowest BCUT2D eigenvalue weighted by Crippen LogP contribution is -2.25. The number of terminal acetylenes is 1. The SMILES string of the molecule is C#CCNC(=O)CSCc1ccc(Cl)o1. The van der Waals surface area contributed by atoms with Crippen molar-refractivity contribution in [3.63, 3.8) is 0 Å². The Hall–Kier alpha value is -1.05. The van der Waals surface area contributed by atoms with Crippen molar-refractivity contribution in [1.82, 2.24) is 5.32 Å². The van der Waals surface area contributed by atoms with Gasteiger partial charge in [0, 0.05) is 0 Å². The van der Waals surface area contributed by atoms with Crippen LogP contribution in [-0.4, -0.2) is 18.2 Å². The molecule has 0 aliphatic carbocycles. The van der Waals surface area contributed by atoms with Crippen LogP contribution in [0.3, 0.4) is 0 Å². The number of furan rings is 1. The summed E-state index contributed by atoms with van der Waals surface area (Å²) in [6.07, 6.45) is 5.00. The lowest BCUT2D eigenvalue weighted by atomic mass is 10.5. The van der Waals surface area contributed by atoms with Gasteiger partial charge in [-0.3, -0.25) is 4.79 Å². The van der Waals surface area contributed by atoms with E-state index < -0.39 is 0 Å². The Morgan fingerprint density at radius 2 is 2.47 bits per heavy atom. The molecule has 80 valence electrons. The number of rotatable bonds is 5. The van der Waals surface area contributed by atoms with Crippen molar-refractivity contribution >= 4 is 29.3 Å². The van der Waals surface area contributed by atoms with Gasteiger partial charge in [-0.15, -0.1) is 18.2 Å². The van der Waals surface area contributed by atoms with Crippen molar-refractivity contribution in [3.8, 4) is 12.3 Å². The minimum Gasteiger partial charge on any atom is -0.449 e. The molecule has 0 fully saturated rings. The number of hydrogen-bond donors (Lipinski definition) is 1. The fourth-order valence-corrected chi connectivity index (χ4v) is 1.78. The van der Waals surface area contributed by atoms with E-state index in [1.807, 2.05) is 0 Å². The number of nitrogens with one attached hydrogen (secondary N) is 1. The third-order valence-electron chi connectivity index (χ3n) is 1.49. The Balaban J connectivity index is 2.16. The monoisotopic (exact) mass is 243 g/mol. The molecule has 0 spiro atoms. The van der Waals surface area contributed by atoms with Crippen LogP contribution in [-0.2, 0) is 10.5 Å². The molecule has 1 heterocycles. The number of carbonyl (C=O) groups excluding carboxylic acids is 1. The Kier molecular flexibility index (Phi) is 5.16. The van der Waals surface area contributed by atoms with E-state index in [4.69, 9.17) is 22.4 Å². The van der Waals surface area contributed by atoms with E-state index in [9.17, 15) is 4.79 Å². The van der Waals surface area contributed by atoms with Crippen LogP contribution in [0.25, 0.3) is 0 Å². The minimum atomic E-state index is -0.0735. The molecule has 1 amide bonds. The van der Waals surface area contributed by atoms with Crippen LogP contribution in [0.1, 0.15) is 5.76 Å². The Morgan fingerprint density at radius 1 is 1.67 bits per heavy atom. The predicted octanol–water partition coefficient (Wildman–Crippen LogP) is 1.92. The first-order chi connectivity index (χ1) is 7.22. The molecule has 15 heavy (non-hydrogen) atoms. The molecule has 0 aliphatic rings. The molecule has 0 unspecified atom stereocenters. The molecule has 0 bridgehead atoms. The van der Waals surface area contributed by atoms with Gasteiger partial charge in [-0.05, 0) is 23.7 Å². The molecular formula is C10H10ClNO2S. The maximum absolute atomic E-state index is 11.1. The van der Waals surface area contributed by atoms with Gasteiger partial charge in [0.2, 0.25) is 5.91 Å². The van der Waals surface area contributed by atoms with E-state index in [1.165, 1.54) is 11.8 Å². The number of carbonyl (C=O) groups is 1. The summed E-state index contributed by atoms with van der Waals surface area (Å²) in [5.74, 6) is 4.00. The zero-order chi connectivity index (χ0) is 11.1. The third kappa shape index (κ3) is 4.82. The van der Waals surface area contributed by atoms with Gasteiger partial charge in [0.1, 0.15) is 5.76 Å². The van der Waals surface area contributed by atoms with Crippen molar-refractivity contribution in [2.24, 2.45) is 0 Å². The fraction of sp³-hybridized carbons (Fsp3) is 0.300. The Bertz CT molecular complexity index is 370. The molecule has 0 aliphatic heterocycles. The number of thioether (sulfide) groups is 1. The quantitative estimate of drug-likeness (QED) is 0.804. The van der Waals surface area contributed by atoms with Crippen molar-refractivity contribution in [3.05, 3.63) is 23.1 Å². The molecule has 0 aromatic carbocycles. The van der Waals surface area contributed by atoms with Crippen LogP contribution in [0.4, 0.5) is 0 Å². The van der Waals surface area contributed by atoms with E-state index in [0.717, 1.165) is 5.76 Å². The van der Waals surface area contributed by atoms with Gasteiger partial charge in [-0.2, -0.15) is 0 Å². The van der Waals surface area contributed by atoms with Crippen LogP contribution >= 0.6 is 23.4 Å². The normalized spacial score (nSPS) is 9.60. The molecule has 1 aromatic heterocycles. The molecule has 1 rings (SSSR count). The van der Waals surface area contributed by atoms with E-state index >= 15 is 0 Å². The van der Waals surface area contributed by atoms with Crippen molar-refractivity contribution < 1.29 is 9.21 Å². The van der Waals surface area contributed by atoms with Crippen LogP contribution in [0.2, 0.25) is 5.22 Å². The molecule has 0 radical (unpaired) electrons. The van der Waals surface area contributed by atoms with Gasteiger partial charge < -0.3 is 9.73 Å². The third-order valence-corrected chi connectivity index (χ3v) is 2.65. The largest absolute Gasteiger partial charge is 0.449 e. The number of halogens is 1. The second-order valence-corrected chi connectivity index (χ2v) is 4.04. The summed E-state index contributed by atoms with van der Waals surface area (Å²) >= 11 is 7.04. The smallest absolute Gasteiger partial charge is 0.230 e. The summed E-state index contributed by atoms with van der Waals surface area (Å²) in [6.45, 7) is 0.270. The fourth-order valence-electron chi connectivity index (χ4n) is 0.874. The van der Waals surface area contributed by atoms with Gasteiger partial charge in [0.05, 0.1) is 18.1 Å². The summed E-state index contributed by atoms with van der Waals surface area (Å²) in [4.78, 5) is 11.1. The van der Waals surface area contributed by atoms with E-state index in [0.29, 0.717) is 16.7 Å². The van der Waals surface area contributed by atoms with Crippen molar-refractivity contribution in [1.29, 1.82) is 0 Å². The highest BCUT2D eigenvalue weighted by Gasteiger charge is 2.03. The standard InChI is InChI=1S/C10H10ClNO2S/c1-2-5-12-10(13)7-15-6-8-3-4-9(11)14-8/h1,3-4H,5-7H2,(H,12,13). The zero-order valence-corrected chi connectivity index (χ0v) is 9.53. The first kappa shape index (κ1) is 12.0. The molecule has 1 N–H and O–H groups in total. The van der Waals surface area contributed by atoms with E-state index in [1.54, 1.807) is 12.1 Å². The maximum Gasteiger partial charge on any atom is 0.230 e. The molecule has 5 heteroatoms. The summed E-state index contributed by atoms with van der Waals surface area (Å²) in [5.41, 5.74) is 0. The average Bonchev–Trinajstić information content (AvgIpc) is 2.61. The molecule has 0 atom stereocenters. The summed E-state index contributed by atoms with van der Waals surface area (Å²) in [6, 6.07) is 3.46. The zero-order valence-electron chi connectivity index (χ0n) is 7.96. The van der Waals surface area contributed by atoms with Crippen LogP contribution in [0.5, 0.6) is 0 Å². The van der Waals surface area contributed by atoms with Crippen LogP contribution in [0, 0.1) is 12.3 Å². The second-order valence-electron chi connectivity index (χ2n) is 2.68. The van der Waals surface area contributed by atoms with Crippen LogP contribution in [0.15, 0.2) is 16.5 Å². The molecule has 3 nitrogen and oxygen atoms in total. The van der Waals surface area contributed by atoms with Gasteiger partial charge in [0.25, 0.3) is 0 Å². The highest BCUT2D eigenvalue weighted by atomic mass is 35.5. The van der Waals surface area contributed by atoms with Crippen molar-refractivity contribution in [2.45, 2.75) is 5.75 Å². The molecular weight excluding hydrogens is 234 g/mol. The second kappa shape index (κ2) is 6.44. The molecule has 1 aromatic rings. The highest BCUT2D eigenvalue weighted by molar-refractivity contribution is 7.99. The Labute approximate surface area is 97.6 Å². The first-order valence-corrected chi connectivity index (χ1v) is 5.77. The average molecular weight is 244 g/mol. The summed E-state index contributed by atoms with van der Waals surface area (Å²) in [5, 5.41) is 2.93.